The predicted octanol–water partition coefficient (Wildman–Crippen LogP) is 3.55. The summed E-state index contributed by atoms with van der Waals surface area (Å²) in [4.78, 5) is 0. The van der Waals surface area contributed by atoms with Gasteiger partial charge in [-0.1, -0.05) is 54.4 Å². The normalized spacial score (nSPS) is 18.7. The Labute approximate surface area is 121 Å². The van der Waals surface area contributed by atoms with Gasteiger partial charge in [-0.2, -0.15) is 0 Å². The Morgan fingerprint density at radius 3 is 2.72 bits per heavy atom. The van der Waals surface area contributed by atoms with Gasteiger partial charge in [-0.3, -0.25) is 0 Å². The van der Waals surface area contributed by atoms with Crippen LogP contribution in [0.2, 0.25) is 0 Å². The van der Waals surface area contributed by atoms with Crippen molar-refractivity contribution >= 4 is 27.7 Å². The van der Waals surface area contributed by atoms with Gasteiger partial charge < -0.3 is 0 Å². The van der Waals surface area contributed by atoms with Gasteiger partial charge in [-0.25, -0.2) is 4.68 Å². The summed E-state index contributed by atoms with van der Waals surface area (Å²) in [5, 5.41) is 14.2. The van der Waals surface area contributed by atoms with Crippen molar-refractivity contribution in [2.45, 2.75) is 50.7 Å². The molecule has 1 heterocycles. The van der Waals surface area contributed by atoms with Crippen LogP contribution in [-0.4, -0.2) is 31.3 Å². The lowest BCUT2D eigenvalue weighted by atomic mass is 10.0. The Morgan fingerprint density at radius 2 is 2.11 bits per heavy atom. The van der Waals surface area contributed by atoms with Gasteiger partial charge in [-0.05, 0) is 35.1 Å². The Hall–Kier alpha value is -0.100. The molecule has 4 nitrogen and oxygen atoms in total. The molecule has 102 valence electrons. The van der Waals surface area contributed by atoms with Gasteiger partial charge in [0, 0.05) is 11.1 Å². The summed E-state index contributed by atoms with van der Waals surface area (Å²) in [5.41, 5.74) is 0. The fraction of sp³-hybridized carbons (Fsp3) is 0.917. The second kappa shape index (κ2) is 6.89. The van der Waals surface area contributed by atoms with E-state index in [0.717, 1.165) is 16.2 Å². The highest BCUT2D eigenvalue weighted by molar-refractivity contribution is 9.09. The van der Waals surface area contributed by atoms with Crippen LogP contribution >= 0.6 is 27.7 Å². The molecule has 2 rings (SSSR count). The van der Waals surface area contributed by atoms with Crippen LogP contribution < -0.4 is 0 Å². The number of hydrogen-bond donors (Lipinski definition) is 0. The molecule has 1 fully saturated rings. The summed E-state index contributed by atoms with van der Waals surface area (Å²) in [6.07, 6.45) is 5.07. The van der Waals surface area contributed by atoms with Gasteiger partial charge in [0.05, 0.1) is 6.04 Å². The van der Waals surface area contributed by atoms with Gasteiger partial charge >= 0.3 is 0 Å². The minimum Gasteiger partial charge on any atom is -0.217 e. The van der Waals surface area contributed by atoms with Crippen LogP contribution in [0.25, 0.3) is 0 Å². The van der Waals surface area contributed by atoms with Gasteiger partial charge in [0.15, 0.2) is 0 Å². The van der Waals surface area contributed by atoms with Gasteiger partial charge in [0.2, 0.25) is 5.16 Å². The summed E-state index contributed by atoms with van der Waals surface area (Å²) in [5.74, 6) is 2.44. The maximum Gasteiger partial charge on any atom is 0.209 e. The quantitative estimate of drug-likeness (QED) is 0.590. The van der Waals surface area contributed by atoms with E-state index in [1.807, 2.05) is 4.68 Å². The SMILES string of the molecule is CC(C)C(CBr)CSc1nnnn1C1CCCC1. The van der Waals surface area contributed by atoms with Gasteiger partial charge in [0.25, 0.3) is 0 Å². The number of tetrazole rings is 1. The third-order valence-corrected chi connectivity index (χ3v) is 5.65. The highest BCUT2D eigenvalue weighted by Gasteiger charge is 2.22. The second-order valence-electron chi connectivity index (χ2n) is 5.31. The summed E-state index contributed by atoms with van der Waals surface area (Å²) in [7, 11) is 0. The number of halogens is 1. The number of alkyl halides is 1. The molecule has 0 aliphatic heterocycles. The molecule has 1 aromatic rings. The van der Waals surface area contributed by atoms with Gasteiger partial charge in [0.1, 0.15) is 0 Å². The van der Waals surface area contributed by atoms with E-state index < -0.39 is 0 Å². The minimum absolute atomic E-state index is 0.531. The third kappa shape index (κ3) is 3.47. The smallest absolute Gasteiger partial charge is 0.209 e. The first-order valence-electron chi connectivity index (χ1n) is 6.69. The molecule has 0 spiro atoms. The van der Waals surface area contributed by atoms with Crippen LogP contribution in [0.5, 0.6) is 0 Å². The summed E-state index contributed by atoms with van der Waals surface area (Å²) >= 11 is 5.39. The van der Waals surface area contributed by atoms with Crippen LogP contribution in [0.15, 0.2) is 5.16 Å². The van der Waals surface area contributed by atoms with E-state index in [0.29, 0.717) is 17.9 Å². The Morgan fingerprint density at radius 1 is 1.39 bits per heavy atom. The largest absolute Gasteiger partial charge is 0.217 e. The van der Waals surface area contributed by atoms with Gasteiger partial charge in [-0.15, -0.1) is 5.10 Å². The first-order chi connectivity index (χ1) is 8.72. The van der Waals surface area contributed by atoms with E-state index in [1.165, 1.54) is 25.7 Å². The number of thioether (sulfide) groups is 1. The molecule has 1 atom stereocenters. The molecule has 6 heteroatoms. The van der Waals surface area contributed by atoms with Crippen molar-refractivity contribution in [2.75, 3.05) is 11.1 Å². The Balaban J connectivity index is 1.95. The average Bonchev–Trinajstić information content (AvgIpc) is 2.99. The fourth-order valence-electron chi connectivity index (χ4n) is 2.26. The highest BCUT2D eigenvalue weighted by Crippen LogP contribution is 2.32. The third-order valence-electron chi connectivity index (χ3n) is 3.70. The van der Waals surface area contributed by atoms with Crippen LogP contribution in [0.3, 0.4) is 0 Å². The predicted molar refractivity (Wildman–Crippen MR) is 78.2 cm³/mol. The minimum atomic E-state index is 0.531. The molecule has 0 saturated heterocycles. The fourth-order valence-corrected chi connectivity index (χ4v) is 4.81. The molecule has 1 aliphatic carbocycles. The first-order valence-corrected chi connectivity index (χ1v) is 8.79. The lowest BCUT2D eigenvalue weighted by Crippen LogP contribution is -2.14. The van der Waals surface area contributed by atoms with Crippen molar-refractivity contribution in [3.05, 3.63) is 0 Å². The van der Waals surface area contributed by atoms with E-state index in [1.54, 1.807) is 11.8 Å². The van der Waals surface area contributed by atoms with Crippen molar-refractivity contribution in [2.24, 2.45) is 11.8 Å². The number of aromatic nitrogens is 4. The molecular formula is C12H21BrN4S. The van der Waals surface area contributed by atoms with Crippen molar-refractivity contribution < 1.29 is 0 Å². The van der Waals surface area contributed by atoms with E-state index in [4.69, 9.17) is 0 Å². The maximum atomic E-state index is 4.18. The molecule has 1 aromatic heterocycles. The molecule has 1 aliphatic rings. The number of rotatable bonds is 6. The number of hydrogen-bond acceptors (Lipinski definition) is 4. The van der Waals surface area contributed by atoms with E-state index in [-0.39, 0.29) is 0 Å². The van der Waals surface area contributed by atoms with Crippen LogP contribution in [0.4, 0.5) is 0 Å². The lowest BCUT2D eigenvalue weighted by Gasteiger charge is -2.17. The molecule has 0 radical (unpaired) electrons. The molecule has 18 heavy (non-hydrogen) atoms. The zero-order chi connectivity index (χ0) is 13.0. The van der Waals surface area contributed by atoms with E-state index in [9.17, 15) is 0 Å². The van der Waals surface area contributed by atoms with Crippen molar-refractivity contribution in [3.8, 4) is 0 Å². The zero-order valence-corrected chi connectivity index (χ0v) is 13.5. The first kappa shape index (κ1) is 14.3. The monoisotopic (exact) mass is 332 g/mol. The van der Waals surface area contributed by atoms with Crippen molar-refractivity contribution in [1.29, 1.82) is 0 Å². The summed E-state index contributed by atoms with van der Waals surface area (Å²) in [6, 6.07) is 0.531. The lowest BCUT2D eigenvalue weighted by molar-refractivity contribution is 0.421. The topological polar surface area (TPSA) is 43.6 Å². The molecule has 0 bridgehead atoms. The summed E-state index contributed by atoms with van der Waals surface area (Å²) in [6.45, 7) is 4.54. The Bertz CT molecular complexity index is 363. The van der Waals surface area contributed by atoms with E-state index in [2.05, 4.69) is 45.3 Å². The summed E-state index contributed by atoms with van der Waals surface area (Å²) < 4.78 is 2.04. The van der Waals surface area contributed by atoms with Crippen LogP contribution in [0, 0.1) is 11.8 Å². The van der Waals surface area contributed by atoms with Crippen molar-refractivity contribution in [3.63, 3.8) is 0 Å². The molecule has 1 saturated carbocycles. The molecule has 0 N–H and O–H groups in total. The molecule has 0 aromatic carbocycles. The maximum absolute atomic E-state index is 4.18. The Kier molecular flexibility index (Phi) is 5.48. The van der Waals surface area contributed by atoms with Crippen LogP contribution in [0.1, 0.15) is 45.6 Å². The highest BCUT2D eigenvalue weighted by atomic mass is 79.9. The average molecular weight is 333 g/mol. The standard InChI is InChI=1S/C12H21BrN4S/c1-9(2)10(7-13)8-18-12-14-15-16-17(12)11-5-3-4-6-11/h9-11H,3-8H2,1-2H3. The van der Waals surface area contributed by atoms with Crippen LogP contribution in [-0.2, 0) is 0 Å². The zero-order valence-electron chi connectivity index (χ0n) is 11.0. The number of nitrogens with zero attached hydrogens (tertiary/aromatic N) is 4. The molecule has 1 unspecified atom stereocenters. The molecule has 0 amide bonds. The molecular weight excluding hydrogens is 312 g/mol. The van der Waals surface area contributed by atoms with E-state index >= 15 is 0 Å². The second-order valence-corrected chi connectivity index (χ2v) is 6.95. The van der Waals surface area contributed by atoms with Crippen molar-refractivity contribution in [1.82, 2.24) is 20.2 Å².